The summed E-state index contributed by atoms with van der Waals surface area (Å²) in [5.74, 6) is -1.82. The second kappa shape index (κ2) is 9.13. The lowest BCUT2D eigenvalue weighted by Gasteiger charge is -2.40. The Hall–Kier alpha value is -3.13. The number of amides is 1. The molecule has 1 aromatic carbocycles. The summed E-state index contributed by atoms with van der Waals surface area (Å²) < 4.78 is 0. The SMILES string of the molecule is CC(C)NC(=O)C1CN[C@@H]2Cc3c[nH]c4cccc(c34)C2C1.O=C(O)/C=C\C(=O)O. The van der Waals surface area contributed by atoms with Crippen LogP contribution in [0.25, 0.3) is 10.9 Å². The fraction of sp³-hybridized carbons (Fsp3) is 0.409. The van der Waals surface area contributed by atoms with E-state index >= 15 is 0 Å². The minimum Gasteiger partial charge on any atom is -0.478 e. The van der Waals surface area contributed by atoms with E-state index in [4.69, 9.17) is 10.2 Å². The van der Waals surface area contributed by atoms with Crippen molar-refractivity contribution in [2.24, 2.45) is 5.92 Å². The van der Waals surface area contributed by atoms with E-state index in [1.54, 1.807) is 0 Å². The molecule has 8 heteroatoms. The third-order valence-corrected chi connectivity index (χ3v) is 5.48. The number of carboxylic acid groups (broad SMARTS) is 2. The lowest BCUT2D eigenvalue weighted by molar-refractivity contribution is -0.134. The number of nitrogens with one attached hydrogen (secondary N) is 3. The van der Waals surface area contributed by atoms with Crippen molar-refractivity contribution in [3.63, 3.8) is 0 Å². The van der Waals surface area contributed by atoms with E-state index in [0.717, 1.165) is 19.4 Å². The maximum Gasteiger partial charge on any atom is 0.328 e. The van der Waals surface area contributed by atoms with Crippen molar-refractivity contribution in [1.82, 2.24) is 15.6 Å². The summed E-state index contributed by atoms with van der Waals surface area (Å²) in [4.78, 5) is 34.9. The van der Waals surface area contributed by atoms with E-state index in [1.807, 2.05) is 13.8 Å². The first kappa shape index (κ1) is 21.6. The molecule has 2 heterocycles. The van der Waals surface area contributed by atoms with Crippen LogP contribution in [0.4, 0.5) is 0 Å². The number of piperidine rings is 1. The van der Waals surface area contributed by atoms with Crippen LogP contribution in [0.5, 0.6) is 0 Å². The lowest BCUT2D eigenvalue weighted by atomic mass is 9.73. The molecule has 0 radical (unpaired) electrons. The molecular formula is C22H27N3O5. The molecule has 4 rings (SSSR count). The number of hydrogen-bond acceptors (Lipinski definition) is 4. The highest BCUT2D eigenvalue weighted by Gasteiger charge is 2.38. The zero-order valence-electron chi connectivity index (χ0n) is 17.0. The van der Waals surface area contributed by atoms with Crippen LogP contribution in [-0.4, -0.2) is 51.7 Å². The first-order valence-electron chi connectivity index (χ1n) is 10.0. The number of carboxylic acids is 2. The van der Waals surface area contributed by atoms with E-state index in [0.29, 0.717) is 24.1 Å². The standard InChI is InChI=1S/C18H23N3O.C4H4O4/c1-10(2)21-18(22)12-6-14-13-4-3-5-15-17(13)11(8-19-15)7-16(14)20-9-12;5-3(6)1-2-4(7)8/h3-5,8,10,12,14,16,19-20H,6-7,9H2,1-2H3,(H,21,22);1-2H,(H,5,6)(H,7,8)/b;2-1-/t12?,14?,16-;/m1./s1. The summed E-state index contributed by atoms with van der Waals surface area (Å²) in [6.45, 7) is 4.82. The molecule has 1 aromatic heterocycles. The van der Waals surface area contributed by atoms with Gasteiger partial charge in [0.2, 0.25) is 5.91 Å². The topological polar surface area (TPSA) is 132 Å². The third kappa shape index (κ3) is 4.88. The summed E-state index contributed by atoms with van der Waals surface area (Å²) in [7, 11) is 0. The predicted molar refractivity (Wildman–Crippen MR) is 112 cm³/mol. The Kier molecular flexibility index (Phi) is 6.56. The average Bonchev–Trinajstić information content (AvgIpc) is 3.10. The molecule has 0 spiro atoms. The molecule has 0 saturated carbocycles. The molecule has 5 N–H and O–H groups in total. The Morgan fingerprint density at radius 3 is 2.50 bits per heavy atom. The normalized spacial score (nSPS) is 22.3. The van der Waals surface area contributed by atoms with Crippen LogP contribution < -0.4 is 10.6 Å². The van der Waals surface area contributed by atoms with Gasteiger partial charge >= 0.3 is 11.9 Å². The van der Waals surface area contributed by atoms with Crippen molar-refractivity contribution in [1.29, 1.82) is 0 Å². The van der Waals surface area contributed by atoms with Crippen LogP contribution in [-0.2, 0) is 20.8 Å². The van der Waals surface area contributed by atoms with Crippen molar-refractivity contribution in [3.05, 3.63) is 47.7 Å². The number of aliphatic carboxylic acids is 2. The van der Waals surface area contributed by atoms with Gasteiger partial charge in [-0.15, -0.1) is 0 Å². The zero-order valence-corrected chi connectivity index (χ0v) is 17.0. The molecule has 2 aromatic rings. The van der Waals surface area contributed by atoms with Gasteiger partial charge in [-0.25, -0.2) is 9.59 Å². The van der Waals surface area contributed by atoms with Crippen LogP contribution in [0.2, 0.25) is 0 Å². The highest BCUT2D eigenvalue weighted by Crippen LogP contribution is 2.41. The molecule has 2 aliphatic rings. The second-order valence-corrected chi connectivity index (χ2v) is 8.01. The number of hydrogen-bond donors (Lipinski definition) is 5. The van der Waals surface area contributed by atoms with Crippen LogP contribution in [0.15, 0.2) is 36.5 Å². The van der Waals surface area contributed by atoms with Crippen molar-refractivity contribution in [2.45, 2.75) is 44.7 Å². The largest absolute Gasteiger partial charge is 0.478 e. The molecule has 1 fully saturated rings. The Morgan fingerprint density at radius 1 is 1.17 bits per heavy atom. The highest BCUT2D eigenvalue weighted by atomic mass is 16.4. The summed E-state index contributed by atoms with van der Waals surface area (Å²) in [5.41, 5.74) is 4.03. The first-order chi connectivity index (χ1) is 14.3. The van der Waals surface area contributed by atoms with Gasteiger partial charge in [0.1, 0.15) is 0 Å². The van der Waals surface area contributed by atoms with Crippen LogP contribution >= 0.6 is 0 Å². The smallest absolute Gasteiger partial charge is 0.328 e. The van der Waals surface area contributed by atoms with Crippen molar-refractivity contribution < 1.29 is 24.6 Å². The van der Waals surface area contributed by atoms with E-state index in [9.17, 15) is 14.4 Å². The molecule has 1 aliphatic carbocycles. The third-order valence-electron chi connectivity index (χ3n) is 5.48. The molecule has 1 amide bonds. The fourth-order valence-corrected chi connectivity index (χ4v) is 4.29. The Morgan fingerprint density at radius 2 is 1.87 bits per heavy atom. The quantitative estimate of drug-likeness (QED) is 0.487. The zero-order chi connectivity index (χ0) is 21.8. The first-order valence-corrected chi connectivity index (χ1v) is 10.0. The van der Waals surface area contributed by atoms with Crippen molar-refractivity contribution in [3.8, 4) is 0 Å². The Balaban J connectivity index is 0.000000275. The summed E-state index contributed by atoms with van der Waals surface area (Å²) in [6, 6.07) is 7.16. The van der Waals surface area contributed by atoms with Gasteiger partial charge in [-0.2, -0.15) is 0 Å². The number of fused-ring (bicyclic) bond motifs is 2. The molecule has 0 bridgehead atoms. The number of carbonyl (C=O) groups is 3. The van der Waals surface area contributed by atoms with Crippen molar-refractivity contribution in [2.75, 3.05) is 6.54 Å². The van der Waals surface area contributed by atoms with Gasteiger partial charge < -0.3 is 25.8 Å². The van der Waals surface area contributed by atoms with Gasteiger partial charge in [0, 0.05) is 53.8 Å². The number of rotatable bonds is 4. The van der Waals surface area contributed by atoms with E-state index in [1.165, 1.54) is 22.0 Å². The summed E-state index contributed by atoms with van der Waals surface area (Å²) in [5, 5.41) is 23.7. The van der Waals surface area contributed by atoms with Crippen LogP contribution in [0, 0.1) is 5.92 Å². The number of aromatic nitrogens is 1. The minimum atomic E-state index is -1.26. The van der Waals surface area contributed by atoms with Gasteiger partial charge in [0.15, 0.2) is 0 Å². The van der Waals surface area contributed by atoms with Gasteiger partial charge in [-0.05, 0) is 43.9 Å². The number of benzene rings is 1. The van der Waals surface area contributed by atoms with Gasteiger partial charge in [0.25, 0.3) is 0 Å². The van der Waals surface area contributed by atoms with Gasteiger partial charge in [0.05, 0.1) is 5.92 Å². The number of H-pyrrole nitrogens is 1. The summed E-state index contributed by atoms with van der Waals surface area (Å²) in [6.07, 6.45) is 5.26. The molecular weight excluding hydrogens is 386 g/mol. The van der Waals surface area contributed by atoms with Crippen LogP contribution in [0.1, 0.15) is 37.3 Å². The molecule has 160 valence electrons. The maximum atomic E-state index is 12.4. The fourth-order valence-electron chi connectivity index (χ4n) is 4.29. The van der Waals surface area contributed by atoms with E-state index in [2.05, 4.69) is 40.0 Å². The number of aromatic amines is 1. The minimum absolute atomic E-state index is 0.0689. The molecule has 30 heavy (non-hydrogen) atoms. The molecule has 1 aliphatic heterocycles. The van der Waals surface area contributed by atoms with Crippen LogP contribution in [0.3, 0.4) is 0 Å². The molecule has 2 unspecified atom stereocenters. The van der Waals surface area contributed by atoms with Gasteiger partial charge in [-0.1, -0.05) is 12.1 Å². The Labute approximate surface area is 174 Å². The lowest BCUT2D eigenvalue weighted by Crippen LogP contribution is -2.51. The Bertz CT molecular complexity index is 962. The van der Waals surface area contributed by atoms with Gasteiger partial charge in [-0.3, -0.25) is 4.79 Å². The number of carbonyl (C=O) groups excluding carboxylic acids is 1. The highest BCUT2D eigenvalue weighted by molar-refractivity contribution is 5.90. The van der Waals surface area contributed by atoms with E-state index in [-0.39, 0.29) is 17.9 Å². The molecule has 1 saturated heterocycles. The maximum absolute atomic E-state index is 12.4. The molecule has 8 nitrogen and oxygen atoms in total. The predicted octanol–water partition coefficient (Wildman–Crippen LogP) is 2.02. The van der Waals surface area contributed by atoms with Crippen molar-refractivity contribution >= 4 is 28.7 Å². The molecule has 3 atom stereocenters. The van der Waals surface area contributed by atoms with E-state index < -0.39 is 11.9 Å². The summed E-state index contributed by atoms with van der Waals surface area (Å²) >= 11 is 0. The monoisotopic (exact) mass is 413 g/mol. The second-order valence-electron chi connectivity index (χ2n) is 8.01. The average molecular weight is 413 g/mol.